The van der Waals surface area contributed by atoms with Gasteiger partial charge in [-0.3, -0.25) is 29.9 Å². The van der Waals surface area contributed by atoms with Crippen molar-refractivity contribution in [2.45, 2.75) is 90.0 Å². The van der Waals surface area contributed by atoms with Crippen molar-refractivity contribution < 1.29 is 80.2 Å². The summed E-state index contributed by atoms with van der Waals surface area (Å²) in [7, 11) is 19.2. The van der Waals surface area contributed by atoms with E-state index in [0.29, 0.717) is 119 Å². The highest BCUT2D eigenvalue weighted by atomic mass is 19.1. The number of anilines is 2. The minimum atomic E-state index is -0.253. The highest BCUT2D eigenvalue weighted by molar-refractivity contribution is 5.73. The largest absolute Gasteiger partial charge is 0.497 e. The van der Waals surface area contributed by atoms with Gasteiger partial charge in [0.15, 0.2) is 34.6 Å². The van der Waals surface area contributed by atoms with Crippen LogP contribution in [0.2, 0.25) is 0 Å². The van der Waals surface area contributed by atoms with Crippen molar-refractivity contribution in [1.82, 2.24) is 79.7 Å². The Balaban J connectivity index is 0.000000184. The normalized spacial score (nSPS) is 10.2. The second kappa shape index (κ2) is 56.1. The zero-order chi connectivity index (χ0) is 104. The van der Waals surface area contributed by atoms with Gasteiger partial charge in [-0.15, -0.1) is 0 Å². The molecule has 0 amide bonds. The van der Waals surface area contributed by atoms with Gasteiger partial charge in [0.25, 0.3) is 11.8 Å². The van der Waals surface area contributed by atoms with E-state index < -0.39 is 0 Å². The maximum atomic E-state index is 12.9. The molecule has 4 N–H and O–H groups in total. The third kappa shape index (κ3) is 31.4. The van der Waals surface area contributed by atoms with E-state index in [2.05, 4.69) is 112 Å². The van der Waals surface area contributed by atoms with Crippen molar-refractivity contribution in [3.63, 3.8) is 0 Å². The fourth-order valence-electron chi connectivity index (χ4n) is 13.7. The molecule has 144 heavy (non-hydrogen) atoms. The predicted molar refractivity (Wildman–Crippen MR) is 554 cm³/mol. The molecule has 0 saturated carbocycles. The summed E-state index contributed by atoms with van der Waals surface area (Å²) in [5.41, 5.74) is 34.9. The molecule has 0 radical (unpaired) electrons. The van der Waals surface area contributed by atoms with Gasteiger partial charge in [0.1, 0.15) is 28.8 Å². The van der Waals surface area contributed by atoms with Gasteiger partial charge in [0, 0.05) is 44.5 Å². The minimum Gasteiger partial charge on any atom is -0.497 e. The van der Waals surface area contributed by atoms with Gasteiger partial charge in [-0.1, -0.05) is 35.9 Å². The Hall–Kier alpha value is -17.3. The highest BCUT2D eigenvalue weighted by Gasteiger charge is 2.19. The molecule has 8 aromatic heterocycles. The highest BCUT2D eigenvalue weighted by Crippen LogP contribution is 2.39. The predicted octanol–water partition coefficient (Wildman–Crippen LogP) is 20.9. The molecule has 0 spiro atoms. The van der Waals surface area contributed by atoms with Crippen LogP contribution in [0.3, 0.4) is 0 Å². The molecule has 0 saturated heterocycles. The van der Waals surface area contributed by atoms with E-state index in [-0.39, 0.29) is 11.6 Å². The molecule has 0 fully saturated rings. The number of methoxy groups -OCH3 is 12. The van der Waals surface area contributed by atoms with E-state index in [4.69, 9.17) is 87.3 Å². The van der Waals surface area contributed by atoms with Crippen molar-refractivity contribution in [1.29, 1.82) is 0 Å². The summed E-state index contributed by atoms with van der Waals surface area (Å²) in [5.74, 6) is 9.96. The lowest BCUT2D eigenvalue weighted by Crippen LogP contribution is -2.03. The number of nitrogens with zero attached hydrogens (tertiary/aromatic N) is 16. The number of ether oxygens (including phenoxy) is 16. The minimum absolute atomic E-state index is 0.253. The summed E-state index contributed by atoms with van der Waals surface area (Å²) in [4.78, 5) is 67.8. The maximum Gasteiger partial charge on any atom is 0.257 e. The van der Waals surface area contributed by atoms with Gasteiger partial charge in [0.2, 0.25) is 35.3 Å². The van der Waals surface area contributed by atoms with Gasteiger partial charge in [-0.2, -0.15) is 0 Å². The number of aryl methyl sites for hydroxylation is 9. The lowest BCUT2D eigenvalue weighted by atomic mass is 10.0. The first-order valence-electron chi connectivity index (χ1n) is 45.3. The fraction of sp³-hybridized carbons (Fsp3) is 0.266. The van der Waals surface area contributed by atoms with E-state index in [0.717, 1.165) is 135 Å². The van der Waals surface area contributed by atoms with Crippen LogP contribution in [0, 0.1) is 68.1 Å². The first-order chi connectivity index (χ1) is 69.6. The lowest BCUT2D eigenvalue weighted by Gasteiger charge is -2.13. The number of hydrogen-bond acceptors (Lipinski definition) is 34. The van der Waals surface area contributed by atoms with E-state index in [1.54, 1.807) is 165 Å². The second-order valence-corrected chi connectivity index (χ2v) is 30.9. The van der Waals surface area contributed by atoms with Crippen LogP contribution in [-0.4, -0.2) is 191 Å². The van der Waals surface area contributed by atoms with Crippen molar-refractivity contribution in [2.75, 3.05) is 123 Å². The fourth-order valence-corrected chi connectivity index (χ4v) is 13.7. The van der Waals surface area contributed by atoms with Crippen LogP contribution in [0.5, 0.6) is 93.0 Å². The van der Waals surface area contributed by atoms with Crippen LogP contribution < -0.4 is 87.3 Å². The van der Waals surface area contributed by atoms with E-state index in [1.807, 2.05) is 173 Å². The number of aromatic nitrogens is 16. The second-order valence-electron chi connectivity index (χ2n) is 30.9. The SMILES string of the molecule is CCOc1ccc(C)c(-c2cncc(OC)n2)c1.CCOc1cncc(-c2cc(OC)ccc2C)n1.CCOc1nc(-c2cc(OC)c(OC)cc2C)cnc1N.CCOc1nc(-c2cc(OC)ccc2C)cnc1N.COc1ccc(-c2cncc(OC)n2)c(C)c1.COc1cncc(-c2cc(C)ccc2C)n1.COc1cncc(-c2cc(OC)c(OC)cc2C)n1.COc1cncc(-c2ccc(F)cc2C)n1. The lowest BCUT2D eigenvalue weighted by molar-refractivity contribution is 0.325. The van der Waals surface area contributed by atoms with E-state index >= 15 is 0 Å². The van der Waals surface area contributed by atoms with Gasteiger partial charge in [-0.25, -0.2) is 54.2 Å². The topological polar surface area (TPSA) is 406 Å². The molecule has 16 rings (SSSR count). The quantitative estimate of drug-likeness (QED) is 0.0460. The summed E-state index contributed by atoms with van der Waals surface area (Å²) in [6, 6.07) is 41.9. The van der Waals surface area contributed by atoms with Crippen LogP contribution in [-0.2, 0) is 0 Å². The summed E-state index contributed by atoms with van der Waals surface area (Å²) in [5, 5.41) is 0. The van der Waals surface area contributed by atoms with Crippen molar-refractivity contribution >= 4 is 11.6 Å². The number of nitrogen functional groups attached to an aromatic ring is 2. The van der Waals surface area contributed by atoms with E-state index in [9.17, 15) is 4.39 Å². The van der Waals surface area contributed by atoms with Crippen LogP contribution >= 0.6 is 0 Å². The maximum absolute atomic E-state index is 12.9. The number of benzene rings is 8. The molecule has 8 heterocycles. The smallest absolute Gasteiger partial charge is 0.257 e. The molecule has 8 aromatic carbocycles. The zero-order valence-corrected chi connectivity index (χ0v) is 85.8. The van der Waals surface area contributed by atoms with Gasteiger partial charge in [0.05, 0.1) is 244 Å². The summed E-state index contributed by atoms with van der Waals surface area (Å²) in [6.45, 7) is 27.8. The molecule has 35 heteroatoms. The molecule has 0 unspecified atom stereocenters. The molecular weight excluding hydrogens is 1840 g/mol. The average Bonchev–Trinajstić information content (AvgIpc) is 0.805. The molecule has 16 aromatic rings. The Kier molecular flexibility index (Phi) is 43.0. The van der Waals surface area contributed by atoms with Gasteiger partial charge >= 0.3 is 0 Å². The van der Waals surface area contributed by atoms with Crippen LogP contribution in [0.15, 0.2) is 220 Å². The van der Waals surface area contributed by atoms with Gasteiger partial charge < -0.3 is 87.3 Å². The monoisotopic (exact) mass is 1960 g/mol. The number of nitrogens with two attached hydrogens (primary N) is 2. The Morgan fingerprint density at radius 2 is 0.493 bits per heavy atom. The van der Waals surface area contributed by atoms with E-state index in [1.165, 1.54) is 36.6 Å². The van der Waals surface area contributed by atoms with Crippen LogP contribution in [0.1, 0.15) is 77.8 Å². The number of hydrogen-bond donors (Lipinski definition) is 2. The third-order valence-electron chi connectivity index (χ3n) is 21.2. The van der Waals surface area contributed by atoms with Gasteiger partial charge in [-0.05, 0) is 238 Å². The van der Waals surface area contributed by atoms with Crippen molar-refractivity contribution in [3.05, 3.63) is 276 Å². The molecule has 0 aliphatic rings. The number of halogens is 1. The van der Waals surface area contributed by atoms with Crippen LogP contribution in [0.25, 0.3) is 90.1 Å². The standard InChI is InChI=1S/C15H19N3O3.C14H17N3O2.C14H16N2O3.2C14H16N2O2.C13H14N2O2.C13H14N2O.C12H11FN2O/c1-5-21-15-14(16)17-8-11(18-15)10-7-13(20-4)12(19-3)6-9(10)2;1-4-19-14-13(15)16-8-12(17-14)11-7-10(18-3)6-5-9(11)2;1-9-5-12(17-2)13(18-3)6-10(9)11-7-15-8-14(16-11)19-4;1-4-18-11-6-5-10(2)12(7-11)13-8-15-9-14(16-13)17-3;1-4-18-14-9-15-8-13(16-14)12-7-11(17-3)6-5-10(12)2;1-9-6-10(16-2)4-5-11(9)12-7-14-8-13(15-12)17-3;1-9-4-5-10(2)11(6-9)12-7-14-8-13(15-12)16-3;1-8-5-9(13)3-4-10(8)11-6-14-7-12(15-11)16-2/h6-8H,5H2,1-4H3,(H2,16,17);5-8H,4H2,1-3H3,(H2,15,16);5-8H,1-4H3;2*5-9H,4H2,1-3H3;4-8H,1-3H3;4-8H,1-3H3;3-7H,1-2H3. The molecule has 0 aliphatic heterocycles. The summed E-state index contributed by atoms with van der Waals surface area (Å²) >= 11 is 0. The molecule has 0 aliphatic carbocycles. The zero-order valence-electron chi connectivity index (χ0n) is 85.8. The van der Waals surface area contributed by atoms with Crippen LogP contribution in [0.4, 0.5) is 16.0 Å². The summed E-state index contributed by atoms with van der Waals surface area (Å²) < 4.78 is 96.7. The third-order valence-corrected chi connectivity index (χ3v) is 21.2. The average molecular weight is 1960 g/mol. The first kappa shape index (κ1) is 110. The number of rotatable bonds is 28. The Morgan fingerprint density at radius 3 is 0.826 bits per heavy atom. The Bertz CT molecular complexity index is 6870. The molecule has 34 nitrogen and oxygen atoms in total. The van der Waals surface area contributed by atoms with Crippen molar-refractivity contribution in [3.8, 4) is 183 Å². The molecule has 0 bridgehead atoms. The molecule has 752 valence electrons. The van der Waals surface area contributed by atoms with Crippen molar-refractivity contribution in [2.24, 2.45) is 0 Å². The summed E-state index contributed by atoms with van der Waals surface area (Å²) in [6.07, 6.45) is 23.0. The first-order valence-corrected chi connectivity index (χ1v) is 45.3. The Morgan fingerprint density at radius 1 is 0.222 bits per heavy atom. The Labute approximate surface area is 839 Å². The molecular formula is C109H123FN18O16. The molecule has 0 atom stereocenters.